The lowest BCUT2D eigenvalue weighted by molar-refractivity contribution is -0.138. The molecule has 0 heterocycles. The highest BCUT2D eigenvalue weighted by Crippen LogP contribution is 2.13. The number of hydrogen-bond donors (Lipinski definition) is 0. The molecule has 0 spiro atoms. The van der Waals surface area contributed by atoms with E-state index in [0.29, 0.717) is 12.5 Å². The SMILES string of the molecule is CCOC(=O)/C(=C\C(C)C)CCc1ccccc1. The van der Waals surface area contributed by atoms with Crippen molar-refractivity contribution in [2.24, 2.45) is 5.92 Å². The molecule has 0 unspecified atom stereocenters. The van der Waals surface area contributed by atoms with E-state index in [9.17, 15) is 4.79 Å². The largest absolute Gasteiger partial charge is 0.463 e. The fraction of sp³-hybridized carbons (Fsp3) is 0.438. The number of esters is 1. The zero-order chi connectivity index (χ0) is 13.4. The van der Waals surface area contributed by atoms with Crippen LogP contribution in [-0.2, 0) is 16.0 Å². The molecule has 2 heteroatoms. The van der Waals surface area contributed by atoms with Crippen LogP contribution in [0, 0.1) is 5.92 Å². The van der Waals surface area contributed by atoms with Crippen molar-refractivity contribution in [3.8, 4) is 0 Å². The van der Waals surface area contributed by atoms with E-state index in [-0.39, 0.29) is 5.97 Å². The van der Waals surface area contributed by atoms with E-state index < -0.39 is 0 Å². The summed E-state index contributed by atoms with van der Waals surface area (Å²) in [5.74, 6) is 0.183. The van der Waals surface area contributed by atoms with Crippen LogP contribution in [0.3, 0.4) is 0 Å². The molecule has 1 aromatic carbocycles. The number of rotatable bonds is 6. The minimum atomic E-state index is -0.179. The lowest BCUT2D eigenvalue weighted by atomic mass is 10.0. The van der Waals surface area contributed by atoms with Crippen LogP contribution >= 0.6 is 0 Å². The fourth-order valence-corrected chi connectivity index (χ4v) is 1.80. The molecule has 18 heavy (non-hydrogen) atoms. The van der Waals surface area contributed by atoms with Crippen molar-refractivity contribution < 1.29 is 9.53 Å². The van der Waals surface area contributed by atoms with Gasteiger partial charge in [0.2, 0.25) is 0 Å². The van der Waals surface area contributed by atoms with Crippen molar-refractivity contribution in [2.45, 2.75) is 33.6 Å². The van der Waals surface area contributed by atoms with Crippen LogP contribution < -0.4 is 0 Å². The zero-order valence-electron chi connectivity index (χ0n) is 11.5. The molecule has 0 atom stereocenters. The molecule has 0 bridgehead atoms. The van der Waals surface area contributed by atoms with Crippen LogP contribution in [0.4, 0.5) is 0 Å². The number of carbonyl (C=O) groups excluding carboxylic acids is 1. The number of carbonyl (C=O) groups is 1. The molecular weight excluding hydrogens is 224 g/mol. The molecule has 1 rings (SSSR count). The maximum atomic E-state index is 11.8. The van der Waals surface area contributed by atoms with E-state index in [4.69, 9.17) is 4.74 Å². The van der Waals surface area contributed by atoms with Crippen LogP contribution in [0.25, 0.3) is 0 Å². The molecule has 0 aliphatic heterocycles. The topological polar surface area (TPSA) is 26.3 Å². The third-order valence-electron chi connectivity index (χ3n) is 2.60. The summed E-state index contributed by atoms with van der Waals surface area (Å²) in [7, 11) is 0. The van der Waals surface area contributed by atoms with Gasteiger partial charge in [-0.15, -0.1) is 0 Å². The van der Waals surface area contributed by atoms with Gasteiger partial charge >= 0.3 is 5.97 Å². The van der Waals surface area contributed by atoms with Gasteiger partial charge in [-0.1, -0.05) is 50.3 Å². The number of hydrogen-bond acceptors (Lipinski definition) is 2. The molecule has 1 aromatic rings. The Bertz CT molecular complexity index is 391. The van der Waals surface area contributed by atoms with Gasteiger partial charge in [0.25, 0.3) is 0 Å². The van der Waals surface area contributed by atoms with Crippen molar-refractivity contribution in [3.63, 3.8) is 0 Å². The maximum absolute atomic E-state index is 11.8. The lowest BCUT2D eigenvalue weighted by Gasteiger charge is -2.08. The third kappa shape index (κ3) is 5.17. The standard InChI is InChI=1S/C16H22O2/c1-4-18-16(17)15(12-13(2)3)11-10-14-8-6-5-7-9-14/h5-9,12-13H,4,10-11H2,1-3H3/b15-12-. The Labute approximate surface area is 110 Å². The maximum Gasteiger partial charge on any atom is 0.333 e. The second-order valence-corrected chi connectivity index (χ2v) is 4.64. The van der Waals surface area contributed by atoms with Crippen LogP contribution in [0.2, 0.25) is 0 Å². The molecule has 2 nitrogen and oxygen atoms in total. The normalized spacial score (nSPS) is 11.7. The fourth-order valence-electron chi connectivity index (χ4n) is 1.80. The summed E-state index contributed by atoms with van der Waals surface area (Å²) in [6.07, 6.45) is 3.61. The number of aryl methyl sites for hydroxylation is 1. The Kier molecular flexibility index (Phi) is 6.20. The summed E-state index contributed by atoms with van der Waals surface area (Å²) < 4.78 is 5.09. The highest BCUT2D eigenvalue weighted by molar-refractivity contribution is 5.88. The predicted molar refractivity (Wildman–Crippen MR) is 74.3 cm³/mol. The first kappa shape index (κ1) is 14.5. The van der Waals surface area contributed by atoms with Crippen LogP contribution in [0.1, 0.15) is 32.8 Å². The number of benzene rings is 1. The van der Waals surface area contributed by atoms with Gasteiger partial charge < -0.3 is 4.74 Å². The molecular formula is C16H22O2. The zero-order valence-corrected chi connectivity index (χ0v) is 11.5. The summed E-state index contributed by atoms with van der Waals surface area (Å²) in [5, 5.41) is 0. The van der Waals surface area contributed by atoms with E-state index in [2.05, 4.69) is 26.0 Å². The number of ether oxygens (including phenoxy) is 1. The quantitative estimate of drug-likeness (QED) is 0.564. The summed E-state index contributed by atoms with van der Waals surface area (Å²) >= 11 is 0. The van der Waals surface area contributed by atoms with Gasteiger partial charge in [0, 0.05) is 5.57 Å². The second kappa shape index (κ2) is 7.70. The van der Waals surface area contributed by atoms with Gasteiger partial charge in [-0.05, 0) is 31.2 Å². The molecule has 98 valence electrons. The summed E-state index contributed by atoms with van der Waals surface area (Å²) in [5.41, 5.74) is 2.03. The second-order valence-electron chi connectivity index (χ2n) is 4.64. The smallest absolute Gasteiger partial charge is 0.333 e. The summed E-state index contributed by atoms with van der Waals surface area (Å²) in [6, 6.07) is 10.2. The van der Waals surface area contributed by atoms with E-state index in [1.807, 2.05) is 31.2 Å². The van der Waals surface area contributed by atoms with E-state index in [1.165, 1.54) is 5.56 Å². The highest BCUT2D eigenvalue weighted by Gasteiger charge is 2.11. The van der Waals surface area contributed by atoms with Crippen molar-refractivity contribution in [1.82, 2.24) is 0 Å². The van der Waals surface area contributed by atoms with Gasteiger partial charge in [-0.25, -0.2) is 4.79 Å². The van der Waals surface area contributed by atoms with Crippen LogP contribution in [-0.4, -0.2) is 12.6 Å². The van der Waals surface area contributed by atoms with E-state index in [1.54, 1.807) is 0 Å². The monoisotopic (exact) mass is 246 g/mol. The molecule has 0 aliphatic rings. The van der Waals surface area contributed by atoms with Gasteiger partial charge in [0.05, 0.1) is 6.61 Å². The summed E-state index contributed by atoms with van der Waals surface area (Å²) in [6.45, 7) is 6.41. The molecule has 0 N–H and O–H groups in total. The van der Waals surface area contributed by atoms with Gasteiger partial charge in [-0.2, -0.15) is 0 Å². The Morgan fingerprint density at radius 2 is 1.94 bits per heavy atom. The molecule has 0 fully saturated rings. The lowest BCUT2D eigenvalue weighted by Crippen LogP contribution is -2.09. The van der Waals surface area contributed by atoms with Gasteiger partial charge in [0.15, 0.2) is 0 Å². The number of allylic oxidation sites excluding steroid dienone is 1. The minimum Gasteiger partial charge on any atom is -0.463 e. The Balaban J connectivity index is 2.65. The van der Waals surface area contributed by atoms with Gasteiger partial charge in [0.1, 0.15) is 0 Å². The third-order valence-corrected chi connectivity index (χ3v) is 2.60. The Morgan fingerprint density at radius 3 is 2.50 bits per heavy atom. The molecule has 0 radical (unpaired) electrons. The van der Waals surface area contributed by atoms with E-state index in [0.717, 1.165) is 18.4 Å². The predicted octanol–water partition coefficient (Wildman–Crippen LogP) is 3.76. The average molecular weight is 246 g/mol. The minimum absolute atomic E-state index is 0.179. The first-order valence-corrected chi connectivity index (χ1v) is 6.55. The van der Waals surface area contributed by atoms with Gasteiger partial charge in [-0.3, -0.25) is 0 Å². The molecule has 0 aromatic heterocycles. The molecule has 0 amide bonds. The summed E-state index contributed by atoms with van der Waals surface area (Å²) in [4.78, 5) is 11.8. The molecule has 0 saturated heterocycles. The molecule has 0 saturated carbocycles. The first-order valence-electron chi connectivity index (χ1n) is 6.55. The molecule has 0 aliphatic carbocycles. The van der Waals surface area contributed by atoms with Crippen LogP contribution in [0.15, 0.2) is 42.0 Å². The highest BCUT2D eigenvalue weighted by atomic mass is 16.5. The first-order chi connectivity index (χ1) is 8.63. The van der Waals surface area contributed by atoms with Crippen LogP contribution in [0.5, 0.6) is 0 Å². The van der Waals surface area contributed by atoms with E-state index >= 15 is 0 Å². The van der Waals surface area contributed by atoms with Crippen molar-refractivity contribution >= 4 is 5.97 Å². The Hall–Kier alpha value is -1.57. The van der Waals surface area contributed by atoms with Crippen molar-refractivity contribution in [3.05, 3.63) is 47.5 Å². The average Bonchev–Trinajstić information content (AvgIpc) is 2.35. The van der Waals surface area contributed by atoms with Crippen molar-refractivity contribution in [1.29, 1.82) is 0 Å². The van der Waals surface area contributed by atoms with Crippen molar-refractivity contribution in [2.75, 3.05) is 6.61 Å². The Morgan fingerprint density at radius 1 is 1.28 bits per heavy atom.